The van der Waals surface area contributed by atoms with Gasteiger partial charge in [0, 0.05) is 14.9 Å². The Morgan fingerprint density at radius 1 is 1.37 bits per heavy atom. The van der Waals surface area contributed by atoms with Gasteiger partial charge in [-0.2, -0.15) is 0 Å². The number of thiazole rings is 1. The Bertz CT molecular complexity index is 644. The molecule has 0 bridgehead atoms. The van der Waals surface area contributed by atoms with E-state index in [1.807, 2.05) is 31.2 Å². The fourth-order valence-electron chi connectivity index (χ4n) is 2.22. The first-order valence-electron chi connectivity index (χ1n) is 6.00. The van der Waals surface area contributed by atoms with Crippen LogP contribution in [0.3, 0.4) is 0 Å². The first-order chi connectivity index (χ1) is 9.03. The molecular formula is C14H12BrNO2S. The summed E-state index contributed by atoms with van der Waals surface area (Å²) < 4.78 is 1.02. The minimum absolute atomic E-state index is 0.657. The Morgan fingerprint density at radius 2 is 2.00 bits per heavy atom. The first kappa shape index (κ1) is 12.8. The highest BCUT2D eigenvalue weighted by molar-refractivity contribution is 9.10. The molecule has 98 valence electrons. The smallest absolute Gasteiger partial charge is 0.315 e. The zero-order valence-electron chi connectivity index (χ0n) is 10.3. The molecule has 1 aromatic carbocycles. The van der Waals surface area contributed by atoms with Crippen LogP contribution < -0.4 is 0 Å². The molecule has 3 nitrogen and oxygen atoms in total. The van der Waals surface area contributed by atoms with Crippen LogP contribution in [0.2, 0.25) is 0 Å². The Kier molecular flexibility index (Phi) is 2.98. The summed E-state index contributed by atoms with van der Waals surface area (Å²) in [5, 5.41) is 10.3. The van der Waals surface area contributed by atoms with Gasteiger partial charge < -0.3 is 5.11 Å². The summed E-state index contributed by atoms with van der Waals surface area (Å²) in [4.78, 5) is 16.9. The van der Waals surface area contributed by atoms with Crippen LogP contribution >= 0.6 is 27.3 Å². The lowest BCUT2D eigenvalue weighted by molar-refractivity contribution is -0.139. The molecule has 3 rings (SSSR count). The average molecular weight is 338 g/mol. The molecule has 1 heterocycles. The van der Waals surface area contributed by atoms with Crippen molar-refractivity contribution in [3.05, 3.63) is 39.3 Å². The predicted octanol–water partition coefficient (Wildman–Crippen LogP) is 4.00. The molecule has 2 aromatic rings. The quantitative estimate of drug-likeness (QED) is 0.920. The van der Waals surface area contributed by atoms with Crippen molar-refractivity contribution in [2.75, 3.05) is 0 Å². The maximum atomic E-state index is 11.4. The van der Waals surface area contributed by atoms with Crippen molar-refractivity contribution in [1.29, 1.82) is 0 Å². The van der Waals surface area contributed by atoms with Crippen molar-refractivity contribution >= 4 is 33.2 Å². The summed E-state index contributed by atoms with van der Waals surface area (Å²) in [5.41, 5.74) is 1.22. The zero-order chi connectivity index (χ0) is 13.6. The van der Waals surface area contributed by atoms with E-state index in [1.165, 1.54) is 11.3 Å². The third-order valence-electron chi connectivity index (χ3n) is 3.48. The highest BCUT2D eigenvalue weighted by Gasteiger charge is 2.54. The number of hydrogen-bond donors (Lipinski definition) is 1. The van der Waals surface area contributed by atoms with Gasteiger partial charge in [0.15, 0.2) is 0 Å². The molecule has 19 heavy (non-hydrogen) atoms. The number of rotatable bonds is 3. The number of benzene rings is 1. The van der Waals surface area contributed by atoms with Gasteiger partial charge in [-0.15, -0.1) is 11.3 Å². The number of carboxylic acids is 1. The maximum absolute atomic E-state index is 11.4. The van der Waals surface area contributed by atoms with Gasteiger partial charge in [0.25, 0.3) is 0 Å². The van der Waals surface area contributed by atoms with E-state index in [4.69, 9.17) is 0 Å². The molecule has 1 N–H and O–H groups in total. The Balaban J connectivity index is 2.03. The summed E-state index contributed by atoms with van der Waals surface area (Å²) in [5.74, 6) is -0.721. The highest BCUT2D eigenvalue weighted by Crippen LogP contribution is 2.52. The van der Waals surface area contributed by atoms with E-state index in [0.717, 1.165) is 38.5 Å². The fraction of sp³-hybridized carbons (Fsp3) is 0.286. The van der Waals surface area contributed by atoms with E-state index in [-0.39, 0.29) is 0 Å². The maximum Gasteiger partial charge on any atom is 0.315 e. The molecule has 0 radical (unpaired) electrons. The van der Waals surface area contributed by atoms with Gasteiger partial charge in [-0.3, -0.25) is 4.79 Å². The van der Waals surface area contributed by atoms with Crippen LogP contribution in [0.5, 0.6) is 0 Å². The van der Waals surface area contributed by atoms with Crippen molar-refractivity contribution in [1.82, 2.24) is 4.98 Å². The third kappa shape index (κ3) is 2.11. The van der Waals surface area contributed by atoms with Crippen molar-refractivity contribution in [2.24, 2.45) is 0 Å². The van der Waals surface area contributed by atoms with Crippen LogP contribution in [0.25, 0.3) is 10.6 Å². The SMILES string of the molecule is Cc1nc(-c2ccc(Br)cc2)sc1C1(C(=O)O)CC1. The summed E-state index contributed by atoms with van der Waals surface area (Å²) >= 11 is 4.91. The number of aromatic nitrogens is 1. The van der Waals surface area contributed by atoms with E-state index in [9.17, 15) is 9.90 Å². The topological polar surface area (TPSA) is 50.2 Å². The van der Waals surface area contributed by atoms with Crippen molar-refractivity contribution in [3.63, 3.8) is 0 Å². The second-order valence-electron chi connectivity index (χ2n) is 4.83. The molecule has 1 fully saturated rings. The Hall–Kier alpha value is -1.20. The first-order valence-corrected chi connectivity index (χ1v) is 7.61. The number of halogens is 1. The van der Waals surface area contributed by atoms with Crippen LogP contribution in [0.1, 0.15) is 23.4 Å². The molecule has 0 spiro atoms. The number of aliphatic carboxylic acids is 1. The molecule has 1 aromatic heterocycles. The lowest BCUT2D eigenvalue weighted by atomic mass is 10.0. The van der Waals surface area contributed by atoms with E-state index in [1.54, 1.807) is 0 Å². The van der Waals surface area contributed by atoms with Crippen molar-refractivity contribution < 1.29 is 9.90 Å². The second kappa shape index (κ2) is 4.42. The summed E-state index contributed by atoms with van der Waals surface area (Å²) in [6, 6.07) is 7.92. The molecule has 1 saturated carbocycles. The van der Waals surface area contributed by atoms with Crippen molar-refractivity contribution in [2.45, 2.75) is 25.2 Å². The van der Waals surface area contributed by atoms with Gasteiger partial charge >= 0.3 is 5.97 Å². The van der Waals surface area contributed by atoms with Crippen LogP contribution in [-0.2, 0) is 10.2 Å². The average Bonchev–Trinajstić information content (AvgIpc) is 3.09. The molecule has 1 aliphatic carbocycles. The Labute approximate surface area is 123 Å². The molecule has 0 amide bonds. The lowest BCUT2D eigenvalue weighted by Crippen LogP contribution is -2.18. The number of carbonyl (C=O) groups is 1. The van der Waals surface area contributed by atoms with Crippen LogP contribution in [0.15, 0.2) is 28.7 Å². The lowest BCUT2D eigenvalue weighted by Gasteiger charge is -2.06. The van der Waals surface area contributed by atoms with Gasteiger partial charge in [0.05, 0.1) is 5.69 Å². The van der Waals surface area contributed by atoms with Crippen molar-refractivity contribution in [3.8, 4) is 10.6 Å². The highest BCUT2D eigenvalue weighted by atomic mass is 79.9. The third-order valence-corrected chi connectivity index (χ3v) is 5.42. The molecule has 0 saturated heterocycles. The van der Waals surface area contributed by atoms with E-state index in [2.05, 4.69) is 20.9 Å². The number of aryl methyl sites for hydroxylation is 1. The van der Waals surface area contributed by atoms with Gasteiger partial charge in [0.2, 0.25) is 0 Å². The summed E-state index contributed by atoms with van der Waals surface area (Å²) in [6.45, 7) is 1.90. The number of hydrogen-bond acceptors (Lipinski definition) is 3. The number of carboxylic acid groups (broad SMARTS) is 1. The summed E-state index contributed by atoms with van der Waals surface area (Å²) in [6.07, 6.45) is 1.45. The van der Waals surface area contributed by atoms with E-state index < -0.39 is 11.4 Å². The monoisotopic (exact) mass is 337 g/mol. The van der Waals surface area contributed by atoms with Gasteiger partial charge in [-0.05, 0) is 31.9 Å². The van der Waals surface area contributed by atoms with Gasteiger partial charge in [0.1, 0.15) is 10.4 Å². The summed E-state index contributed by atoms with van der Waals surface area (Å²) in [7, 11) is 0. The fourth-order valence-corrected chi connectivity index (χ4v) is 3.79. The zero-order valence-corrected chi connectivity index (χ0v) is 12.7. The van der Waals surface area contributed by atoms with Crippen LogP contribution in [-0.4, -0.2) is 16.1 Å². The largest absolute Gasteiger partial charge is 0.481 e. The van der Waals surface area contributed by atoms with E-state index in [0.29, 0.717) is 0 Å². The van der Waals surface area contributed by atoms with Gasteiger partial charge in [-0.1, -0.05) is 28.1 Å². The number of nitrogens with zero attached hydrogens (tertiary/aromatic N) is 1. The molecular weight excluding hydrogens is 326 g/mol. The standard InChI is InChI=1S/C14H12BrNO2S/c1-8-11(14(6-7-14)13(17)18)19-12(16-8)9-2-4-10(15)5-3-9/h2-5H,6-7H2,1H3,(H,17,18). The molecule has 1 aliphatic rings. The van der Waals surface area contributed by atoms with Crippen LogP contribution in [0.4, 0.5) is 0 Å². The molecule has 0 aliphatic heterocycles. The van der Waals surface area contributed by atoms with E-state index >= 15 is 0 Å². The minimum Gasteiger partial charge on any atom is -0.481 e. The van der Waals surface area contributed by atoms with Gasteiger partial charge in [-0.25, -0.2) is 4.98 Å². The molecule has 0 atom stereocenters. The predicted molar refractivity (Wildman–Crippen MR) is 78.5 cm³/mol. The molecule has 5 heteroatoms. The second-order valence-corrected chi connectivity index (χ2v) is 6.74. The minimum atomic E-state index is -0.721. The molecule has 0 unspecified atom stereocenters. The Morgan fingerprint density at radius 3 is 2.53 bits per heavy atom. The normalized spacial score (nSPS) is 16.3. The van der Waals surface area contributed by atoms with Crippen LogP contribution in [0, 0.1) is 6.92 Å².